The van der Waals surface area contributed by atoms with Crippen LogP contribution < -0.4 is 23.8 Å². The third-order valence-electron chi connectivity index (χ3n) is 4.71. The smallest absolute Gasteiger partial charge is 0.175 e. The van der Waals surface area contributed by atoms with E-state index in [1.54, 1.807) is 35.2 Å². The fraction of sp³-hybridized carbons (Fsp3) is 0.280. The molecule has 0 atom stereocenters. The number of hydrogen-bond donors (Lipinski definition) is 0. The van der Waals surface area contributed by atoms with Gasteiger partial charge in [-0.25, -0.2) is 8.42 Å². The molecule has 0 aromatic heterocycles. The highest BCUT2D eigenvalue weighted by molar-refractivity contribution is 7.93. The normalized spacial score (nSPS) is 10.8. The minimum atomic E-state index is -3.65. The van der Waals surface area contributed by atoms with E-state index in [-0.39, 0.29) is 18.8 Å². The van der Waals surface area contributed by atoms with E-state index in [1.165, 1.54) is 34.5 Å². The Kier molecular flexibility index (Phi) is 9.08. The van der Waals surface area contributed by atoms with Gasteiger partial charge >= 0.3 is 0 Å². The van der Waals surface area contributed by atoms with Crippen LogP contribution in [-0.2, 0) is 15.6 Å². The molecule has 0 N–H and O–H groups in total. The van der Waals surface area contributed by atoms with Gasteiger partial charge in [0, 0.05) is 17.5 Å². The first-order valence-corrected chi connectivity index (χ1v) is 11.5. The molecule has 0 spiro atoms. The molecule has 0 heterocycles. The largest absolute Gasteiger partial charge is 0.496 e. The van der Waals surface area contributed by atoms with Crippen LogP contribution in [0, 0.1) is 24.7 Å². The molecule has 0 saturated heterocycles. The lowest BCUT2D eigenvalue weighted by atomic mass is 10.1. The van der Waals surface area contributed by atoms with Gasteiger partial charge in [-0.15, -0.1) is 12.8 Å². The first-order valence-electron chi connectivity index (χ1n) is 9.82. The summed E-state index contributed by atoms with van der Waals surface area (Å²) in [5.41, 5.74) is 1.67. The zero-order valence-corrected chi connectivity index (χ0v) is 19.9. The van der Waals surface area contributed by atoms with Crippen molar-refractivity contribution in [2.45, 2.75) is 5.75 Å². The molecular weight excluding hydrogens is 442 g/mol. The molecule has 2 aromatic carbocycles. The summed E-state index contributed by atoms with van der Waals surface area (Å²) in [6, 6.07) is 8.39. The maximum Gasteiger partial charge on any atom is 0.175 e. The summed E-state index contributed by atoms with van der Waals surface area (Å²) < 4.78 is 47.1. The lowest BCUT2D eigenvalue weighted by molar-refractivity contribution is 0.374. The first-order chi connectivity index (χ1) is 15.8. The summed E-state index contributed by atoms with van der Waals surface area (Å²) in [6.07, 6.45) is 12.4. The minimum Gasteiger partial charge on any atom is -0.496 e. The third-order valence-corrected chi connectivity index (χ3v) is 6.00. The van der Waals surface area contributed by atoms with Gasteiger partial charge < -0.3 is 23.8 Å². The van der Waals surface area contributed by atoms with E-state index in [4.69, 9.17) is 31.8 Å². The molecule has 0 aliphatic carbocycles. The van der Waals surface area contributed by atoms with Crippen molar-refractivity contribution < 1.29 is 27.4 Å². The van der Waals surface area contributed by atoms with Gasteiger partial charge in [-0.3, -0.25) is 0 Å². The molecule has 0 aliphatic heterocycles. The molecule has 0 fully saturated rings. The van der Waals surface area contributed by atoms with Crippen molar-refractivity contribution in [2.75, 3.05) is 46.4 Å². The highest BCUT2D eigenvalue weighted by atomic mass is 32.2. The summed E-state index contributed by atoms with van der Waals surface area (Å²) in [6.45, 7) is 0.515. The molecule has 2 aromatic rings. The van der Waals surface area contributed by atoms with Crippen molar-refractivity contribution in [2.24, 2.45) is 0 Å². The molecule has 174 valence electrons. The second-order valence-corrected chi connectivity index (χ2v) is 8.71. The van der Waals surface area contributed by atoms with Crippen molar-refractivity contribution in [3.8, 4) is 47.7 Å². The van der Waals surface area contributed by atoms with Crippen LogP contribution in [0.5, 0.6) is 23.0 Å². The van der Waals surface area contributed by atoms with E-state index in [9.17, 15) is 8.42 Å². The van der Waals surface area contributed by atoms with E-state index in [0.29, 0.717) is 39.8 Å². The van der Waals surface area contributed by atoms with Crippen LogP contribution in [0.15, 0.2) is 35.7 Å². The number of benzene rings is 2. The quantitative estimate of drug-likeness (QED) is 0.467. The summed E-state index contributed by atoms with van der Waals surface area (Å²) >= 11 is 0. The SMILES string of the molecule is C#CCN(CC#C)c1cc(CS(=O)(=O)/C=C/c2c(OC)cc(OC)cc2OC)ccc1OC. The van der Waals surface area contributed by atoms with Gasteiger partial charge in [0.05, 0.1) is 58.5 Å². The van der Waals surface area contributed by atoms with Crippen LogP contribution in [0.4, 0.5) is 5.69 Å². The molecule has 0 radical (unpaired) electrons. The number of ether oxygens (including phenoxy) is 4. The molecule has 2 rings (SSSR count). The summed E-state index contributed by atoms with van der Waals surface area (Å²) in [5, 5.41) is 1.13. The van der Waals surface area contributed by atoms with Crippen molar-refractivity contribution in [1.82, 2.24) is 0 Å². The molecule has 0 aliphatic rings. The topological polar surface area (TPSA) is 74.3 Å². The van der Waals surface area contributed by atoms with Gasteiger partial charge in [-0.2, -0.15) is 0 Å². The van der Waals surface area contributed by atoms with Gasteiger partial charge in [0.1, 0.15) is 23.0 Å². The Bertz CT molecular complexity index is 1150. The van der Waals surface area contributed by atoms with Crippen LogP contribution in [0.1, 0.15) is 11.1 Å². The van der Waals surface area contributed by atoms with Crippen LogP contribution >= 0.6 is 0 Å². The van der Waals surface area contributed by atoms with E-state index in [0.717, 1.165) is 5.41 Å². The summed E-state index contributed by atoms with van der Waals surface area (Å²) in [7, 11) is 2.36. The molecule has 0 amide bonds. The van der Waals surface area contributed by atoms with E-state index in [1.807, 2.05) is 0 Å². The molecule has 0 bridgehead atoms. The molecule has 0 saturated carbocycles. The Balaban J connectivity index is 2.39. The Morgan fingerprint density at radius 2 is 1.45 bits per heavy atom. The number of sulfone groups is 1. The van der Waals surface area contributed by atoms with Gasteiger partial charge in [-0.05, 0) is 23.8 Å². The molecule has 33 heavy (non-hydrogen) atoms. The molecule has 8 heteroatoms. The number of nitrogens with zero attached hydrogens (tertiary/aromatic N) is 1. The number of hydrogen-bond acceptors (Lipinski definition) is 7. The highest BCUT2D eigenvalue weighted by Gasteiger charge is 2.16. The number of terminal acetylenes is 2. The Morgan fingerprint density at radius 1 is 0.879 bits per heavy atom. The van der Waals surface area contributed by atoms with E-state index < -0.39 is 9.84 Å². The lowest BCUT2D eigenvalue weighted by Crippen LogP contribution is -2.24. The van der Waals surface area contributed by atoms with Crippen LogP contribution in [0.2, 0.25) is 0 Å². The maximum absolute atomic E-state index is 12.9. The van der Waals surface area contributed by atoms with E-state index in [2.05, 4.69) is 11.8 Å². The average Bonchev–Trinajstić information content (AvgIpc) is 2.81. The van der Waals surface area contributed by atoms with E-state index >= 15 is 0 Å². The van der Waals surface area contributed by atoms with Gasteiger partial charge in [0.2, 0.25) is 0 Å². The predicted molar refractivity (Wildman–Crippen MR) is 131 cm³/mol. The van der Waals surface area contributed by atoms with Crippen molar-refractivity contribution in [1.29, 1.82) is 0 Å². The number of anilines is 1. The Hall–Kier alpha value is -3.75. The van der Waals surface area contributed by atoms with Crippen LogP contribution in [-0.4, -0.2) is 49.9 Å². The molecule has 0 unspecified atom stereocenters. The second kappa shape index (κ2) is 11.8. The minimum absolute atomic E-state index is 0.235. The highest BCUT2D eigenvalue weighted by Crippen LogP contribution is 2.35. The predicted octanol–water partition coefficient (Wildman–Crippen LogP) is 3.38. The standard InChI is InChI=1S/C25H27NO6S/c1-7-12-26(13-8-2)22-15-19(9-10-23(22)30-4)18-33(27,28)14-11-21-24(31-5)16-20(29-3)17-25(21)32-6/h1-2,9-11,14-17H,12-13,18H2,3-6H3/b14-11+. The van der Waals surface area contributed by atoms with Crippen molar-refractivity contribution in [3.63, 3.8) is 0 Å². The van der Waals surface area contributed by atoms with Gasteiger partial charge in [0.15, 0.2) is 9.84 Å². The lowest BCUT2D eigenvalue weighted by Gasteiger charge is -2.23. The average molecular weight is 470 g/mol. The number of rotatable bonds is 11. The van der Waals surface area contributed by atoms with Crippen LogP contribution in [0.3, 0.4) is 0 Å². The zero-order chi connectivity index (χ0) is 24.4. The fourth-order valence-corrected chi connectivity index (χ4v) is 4.25. The fourth-order valence-electron chi connectivity index (χ4n) is 3.17. The van der Waals surface area contributed by atoms with Gasteiger partial charge in [0.25, 0.3) is 0 Å². The van der Waals surface area contributed by atoms with Crippen LogP contribution in [0.25, 0.3) is 6.08 Å². The monoisotopic (exact) mass is 469 g/mol. The first kappa shape index (κ1) is 25.5. The molecule has 7 nitrogen and oxygen atoms in total. The van der Waals surface area contributed by atoms with Crippen molar-refractivity contribution >= 4 is 21.6 Å². The molecular formula is C25H27NO6S. The Morgan fingerprint density at radius 3 is 1.94 bits per heavy atom. The van der Waals surface area contributed by atoms with Crippen molar-refractivity contribution in [3.05, 3.63) is 46.9 Å². The second-order valence-electron chi connectivity index (χ2n) is 6.83. The summed E-state index contributed by atoms with van der Waals surface area (Å²) in [4.78, 5) is 1.76. The summed E-state index contributed by atoms with van der Waals surface area (Å²) in [5.74, 6) is 6.78. The number of methoxy groups -OCH3 is 4. The maximum atomic E-state index is 12.9. The zero-order valence-electron chi connectivity index (χ0n) is 19.1. The van der Waals surface area contributed by atoms with Gasteiger partial charge in [-0.1, -0.05) is 17.9 Å². The third kappa shape index (κ3) is 6.61. The Labute approximate surface area is 195 Å².